The van der Waals surface area contributed by atoms with Gasteiger partial charge in [0.1, 0.15) is 12.4 Å². The Morgan fingerprint density at radius 3 is 2.39 bits per heavy atom. The van der Waals surface area contributed by atoms with E-state index in [1.165, 1.54) is 17.3 Å². The maximum Gasteiger partial charge on any atom is 0.237 e. The molecule has 174 valence electrons. The lowest BCUT2D eigenvalue weighted by Crippen LogP contribution is -2.33. The molecule has 0 aliphatic heterocycles. The van der Waals surface area contributed by atoms with Crippen molar-refractivity contribution in [2.45, 2.75) is 51.9 Å². The largest absolute Gasteiger partial charge is 0.486 e. The number of hydrogen-bond acceptors (Lipinski definition) is 6. The van der Waals surface area contributed by atoms with E-state index in [0.717, 1.165) is 17.7 Å². The first-order valence-electron chi connectivity index (χ1n) is 11.1. The second kappa shape index (κ2) is 12.2. The zero-order valence-electron chi connectivity index (χ0n) is 19.3. The van der Waals surface area contributed by atoms with Crippen LogP contribution in [-0.4, -0.2) is 32.3 Å². The van der Waals surface area contributed by atoms with Crippen LogP contribution in [0.5, 0.6) is 5.75 Å². The SMILES string of the molecule is CCc1ccc(OCc2nnc(SCC(=O)NC(=O)Cc3ccccc3)n2CC(C)C)cc1. The predicted molar refractivity (Wildman–Crippen MR) is 129 cm³/mol. The van der Waals surface area contributed by atoms with Gasteiger partial charge in [-0.3, -0.25) is 14.9 Å². The summed E-state index contributed by atoms with van der Waals surface area (Å²) in [6.45, 7) is 7.32. The molecule has 0 saturated heterocycles. The van der Waals surface area contributed by atoms with E-state index in [1.807, 2.05) is 59.2 Å². The molecule has 0 unspecified atom stereocenters. The van der Waals surface area contributed by atoms with Gasteiger partial charge >= 0.3 is 0 Å². The Bertz CT molecular complexity index is 1050. The standard InChI is InChI=1S/C25H30N4O3S/c1-4-19-10-12-21(13-11-19)32-16-22-27-28-25(29(22)15-18(2)3)33-17-24(31)26-23(30)14-20-8-6-5-7-9-20/h5-13,18H,4,14-17H2,1-3H3,(H,26,30,31). The molecule has 8 heteroatoms. The normalized spacial score (nSPS) is 10.9. The van der Waals surface area contributed by atoms with Gasteiger partial charge in [0.2, 0.25) is 11.8 Å². The smallest absolute Gasteiger partial charge is 0.237 e. The molecule has 1 aromatic heterocycles. The fourth-order valence-corrected chi connectivity index (χ4v) is 3.96. The molecule has 0 saturated carbocycles. The fourth-order valence-electron chi connectivity index (χ4n) is 3.20. The molecule has 1 N–H and O–H groups in total. The van der Waals surface area contributed by atoms with Gasteiger partial charge in [0.25, 0.3) is 0 Å². The molecule has 3 rings (SSSR count). The number of thioether (sulfide) groups is 1. The van der Waals surface area contributed by atoms with Gasteiger partial charge in [0.05, 0.1) is 12.2 Å². The Labute approximate surface area is 198 Å². The van der Waals surface area contributed by atoms with E-state index in [9.17, 15) is 9.59 Å². The van der Waals surface area contributed by atoms with Gasteiger partial charge in [-0.1, -0.05) is 75.0 Å². The topological polar surface area (TPSA) is 86.1 Å². The number of hydrogen-bond donors (Lipinski definition) is 1. The number of aryl methyl sites for hydroxylation is 1. The number of nitrogens with one attached hydrogen (secondary N) is 1. The molecule has 33 heavy (non-hydrogen) atoms. The van der Waals surface area contributed by atoms with Crippen molar-refractivity contribution in [1.82, 2.24) is 20.1 Å². The number of benzene rings is 2. The fraction of sp³-hybridized carbons (Fsp3) is 0.360. The van der Waals surface area contributed by atoms with Crippen molar-refractivity contribution in [2.75, 3.05) is 5.75 Å². The second-order valence-electron chi connectivity index (χ2n) is 8.11. The molecule has 1 heterocycles. The highest BCUT2D eigenvalue weighted by molar-refractivity contribution is 7.99. The summed E-state index contributed by atoms with van der Waals surface area (Å²) in [6.07, 6.45) is 1.15. The van der Waals surface area contributed by atoms with E-state index in [0.29, 0.717) is 23.4 Å². The molecular formula is C25H30N4O3S. The third-order valence-electron chi connectivity index (χ3n) is 4.86. The molecule has 0 aliphatic rings. The average molecular weight is 467 g/mol. The summed E-state index contributed by atoms with van der Waals surface area (Å²) in [6, 6.07) is 17.3. The number of ether oxygens (including phenoxy) is 1. The van der Waals surface area contributed by atoms with Crippen LogP contribution in [0.3, 0.4) is 0 Å². The lowest BCUT2D eigenvalue weighted by molar-refractivity contribution is -0.128. The average Bonchev–Trinajstić information content (AvgIpc) is 3.18. The van der Waals surface area contributed by atoms with Crippen LogP contribution in [0.15, 0.2) is 59.8 Å². The maximum atomic E-state index is 12.3. The van der Waals surface area contributed by atoms with Crippen molar-refractivity contribution in [3.05, 3.63) is 71.5 Å². The van der Waals surface area contributed by atoms with Crippen LogP contribution in [0.25, 0.3) is 0 Å². The van der Waals surface area contributed by atoms with Crippen molar-refractivity contribution >= 4 is 23.6 Å². The van der Waals surface area contributed by atoms with Crippen LogP contribution in [0.2, 0.25) is 0 Å². The van der Waals surface area contributed by atoms with Crippen molar-refractivity contribution in [2.24, 2.45) is 5.92 Å². The van der Waals surface area contributed by atoms with Crippen molar-refractivity contribution in [3.63, 3.8) is 0 Å². The van der Waals surface area contributed by atoms with Crippen molar-refractivity contribution in [1.29, 1.82) is 0 Å². The van der Waals surface area contributed by atoms with E-state index >= 15 is 0 Å². The molecule has 2 amide bonds. The minimum atomic E-state index is -0.353. The first-order chi connectivity index (χ1) is 15.9. The summed E-state index contributed by atoms with van der Waals surface area (Å²) >= 11 is 1.26. The first-order valence-corrected chi connectivity index (χ1v) is 12.1. The quantitative estimate of drug-likeness (QED) is 0.429. The molecule has 0 atom stereocenters. The van der Waals surface area contributed by atoms with E-state index in [2.05, 4.69) is 36.3 Å². The predicted octanol–water partition coefficient (Wildman–Crippen LogP) is 4.05. The Kier molecular flexibility index (Phi) is 9.06. The zero-order valence-corrected chi connectivity index (χ0v) is 20.1. The summed E-state index contributed by atoms with van der Waals surface area (Å²) in [7, 11) is 0. The van der Waals surface area contributed by atoms with Crippen LogP contribution in [0, 0.1) is 5.92 Å². The number of imide groups is 1. The number of amides is 2. The highest BCUT2D eigenvalue weighted by Gasteiger charge is 2.17. The van der Waals surface area contributed by atoms with Gasteiger partial charge in [-0.05, 0) is 35.6 Å². The van der Waals surface area contributed by atoms with Crippen LogP contribution < -0.4 is 10.1 Å². The van der Waals surface area contributed by atoms with Gasteiger partial charge in [0.15, 0.2) is 11.0 Å². The van der Waals surface area contributed by atoms with E-state index < -0.39 is 0 Å². The third kappa shape index (κ3) is 7.75. The molecule has 0 fully saturated rings. The molecular weight excluding hydrogens is 436 g/mol. The van der Waals surface area contributed by atoms with Gasteiger partial charge < -0.3 is 9.30 Å². The molecule has 0 aliphatic carbocycles. The Morgan fingerprint density at radius 2 is 1.73 bits per heavy atom. The van der Waals surface area contributed by atoms with E-state index in [1.54, 1.807) is 0 Å². The number of rotatable bonds is 11. The van der Waals surface area contributed by atoms with Crippen LogP contribution in [-0.2, 0) is 35.6 Å². The van der Waals surface area contributed by atoms with Crippen LogP contribution >= 0.6 is 11.8 Å². The van der Waals surface area contributed by atoms with Crippen LogP contribution in [0.4, 0.5) is 0 Å². The summed E-state index contributed by atoms with van der Waals surface area (Å²) in [4.78, 5) is 24.4. The molecule has 7 nitrogen and oxygen atoms in total. The number of carbonyl (C=O) groups excluding carboxylic acids is 2. The third-order valence-corrected chi connectivity index (χ3v) is 5.83. The van der Waals surface area contributed by atoms with Crippen molar-refractivity contribution < 1.29 is 14.3 Å². The molecule has 0 bridgehead atoms. The highest BCUT2D eigenvalue weighted by atomic mass is 32.2. The van der Waals surface area contributed by atoms with Gasteiger partial charge in [-0.25, -0.2) is 0 Å². The molecule has 2 aromatic carbocycles. The maximum absolute atomic E-state index is 12.3. The van der Waals surface area contributed by atoms with Crippen LogP contribution in [0.1, 0.15) is 37.7 Å². The molecule has 3 aromatic rings. The first kappa shape index (κ1) is 24.5. The number of carbonyl (C=O) groups is 2. The van der Waals surface area contributed by atoms with Crippen molar-refractivity contribution in [3.8, 4) is 5.75 Å². The summed E-state index contributed by atoms with van der Waals surface area (Å²) in [5, 5.41) is 11.6. The summed E-state index contributed by atoms with van der Waals surface area (Å²) in [5.74, 6) is 1.25. The zero-order chi connectivity index (χ0) is 23.6. The van der Waals surface area contributed by atoms with E-state index in [-0.39, 0.29) is 30.6 Å². The van der Waals surface area contributed by atoms with Gasteiger partial charge in [0, 0.05) is 6.54 Å². The minimum absolute atomic E-state index is 0.0795. The van der Waals surface area contributed by atoms with E-state index in [4.69, 9.17) is 4.74 Å². The molecule has 0 radical (unpaired) electrons. The lowest BCUT2D eigenvalue weighted by Gasteiger charge is -2.13. The van der Waals surface area contributed by atoms with Gasteiger partial charge in [-0.2, -0.15) is 0 Å². The number of aromatic nitrogens is 3. The Balaban J connectivity index is 1.57. The Morgan fingerprint density at radius 1 is 1.00 bits per heavy atom. The molecule has 0 spiro atoms. The summed E-state index contributed by atoms with van der Waals surface area (Å²) in [5.41, 5.74) is 2.12. The minimum Gasteiger partial charge on any atom is -0.486 e. The monoisotopic (exact) mass is 466 g/mol. The highest BCUT2D eigenvalue weighted by Crippen LogP contribution is 2.20. The van der Waals surface area contributed by atoms with Gasteiger partial charge in [-0.15, -0.1) is 10.2 Å². The second-order valence-corrected chi connectivity index (χ2v) is 9.05. The summed E-state index contributed by atoms with van der Waals surface area (Å²) < 4.78 is 7.89. The lowest BCUT2D eigenvalue weighted by atomic mass is 10.1. The number of nitrogens with zero attached hydrogens (tertiary/aromatic N) is 3. The Hall–Kier alpha value is -3.13.